The lowest BCUT2D eigenvalue weighted by Crippen LogP contribution is -2.31. The molecule has 2 atom stereocenters. The molecule has 1 saturated carbocycles. The second kappa shape index (κ2) is 5.03. The van der Waals surface area contributed by atoms with Crippen molar-refractivity contribution in [1.82, 2.24) is 19.9 Å². The highest BCUT2D eigenvalue weighted by molar-refractivity contribution is 5.90. The molecule has 23 heavy (non-hydrogen) atoms. The lowest BCUT2D eigenvalue weighted by molar-refractivity contribution is 0.368. The zero-order valence-corrected chi connectivity index (χ0v) is 14.3. The van der Waals surface area contributed by atoms with Gasteiger partial charge in [0.05, 0.1) is 10.9 Å². The van der Waals surface area contributed by atoms with Crippen LogP contribution in [0.5, 0.6) is 0 Å². The van der Waals surface area contributed by atoms with E-state index in [1.807, 2.05) is 6.92 Å². The van der Waals surface area contributed by atoms with Crippen LogP contribution in [0.25, 0.3) is 11.0 Å². The lowest BCUT2D eigenvalue weighted by atomic mass is 10.1. The summed E-state index contributed by atoms with van der Waals surface area (Å²) >= 11 is 0. The average molecular weight is 312 g/mol. The molecule has 1 saturated heterocycles. The maximum atomic E-state index is 4.75. The van der Waals surface area contributed by atoms with Gasteiger partial charge in [-0.15, -0.1) is 0 Å². The topological polar surface area (TPSA) is 66.0 Å². The van der Waals surface area contributed by atoms with E-state index in [0.717, 1.165) is 53.7 Å². The summed E-state index contributed by atoms with van der Waals surface area (Å²) in [5, 5.41) is 8.00. The second-order valence-corrected chi connectivity index (χ2v) is 7.08. The SMILES string of the molecule is CCNc1nc(N[C@]23C[C@H]2CN(C)C3)nc2nc(C)cc(C)c12. The molecule has 0 radical (unpaired) electrons. The Hall–Kier alpha value is -1.95. The largest absolute Gasteiger partial charge is 0.370 e. The molecular weight excluding hydrogens is 288 g/mol. The van der Waals surface area contributed by atoms with Crippen LogP contribution < -0.4 is 10.6 Å². The Morgan fingerprint density at radius 3 is 2.83 bits per heavy atom. The van der Waals surface area contributed by atoms with Crippen molar-refractivity contribution in [1.29, 1.82) is 0 Å². The average Bonchev–Trinajstić information content (AvgIpc) is 2.98. The third kappa shape index (κ3) is 2.41. The molecule has 2 fully saturated rings. The highest BCUT2D eigenvalue weighted by Gasteiger charge is 2.59. The number of pyridine rings is 1. The van der Waals surface area contributed by atoms with Crippen LogP contribution in [0.3, 0.4) is 0 Å². The smallest absolute Gasteiger partial charge is 0.227 e. The first-order valence-corrected chi connectivity index (χ1v) is 8.37. The van der Waals surface area contributed by atoms with Gasteiger partial charge in [-0.2, -0.15) is 9.97 Å². The van der Waals surface area contributed by atoms with E-state index in [1.165, 1.54) is 6.42 Å². The number of rotatable bonds is 4. The molecule has 122 valence electrons. The molecule has 2 aromatic heterocycles. The molecule has 0 bridgehead atoms. The van der Waals surface area contributed by atoms with E-state index in [1.54, 1.807) is 0 Å². The van der Waals surface area contributed by atoms with Gasteiger partial charge >= 0.3 is 0 Å². The van der Waals surface area contributed by atoms with Crippen molar-refractivity contribution >= 4 is 22.8 Å². The highest BCUT2D eigenvalue weighted by Crippen LogP contribution is 2.50. The fourth-order valence-corrected chi connectivity index (χ4v) is 3.98. The lowest BCUT2D eigenvalue weighted by Gasteiger charge is -2.19. The Morgan fingerprint density at radius 2 is 2.13 bits per heavy atom. The minimum atomic E-state index is 0.171. The van der Waals surface area contributed by atoms with E-state index >= 15 is 0 Å². The Morgan fingerprint density at radius 1 is 1.30 bits per heavy atom. The number of anilines is 2. The van der Waals surface area contributed by atoms with Crippen molar-refractivity contribution in [3.8, 4) is 0 Å². The number of aryl methyl sites for hydroxylation is 2. The molecule has 3 heterocycles. The maximum Gasteiger partial charge on any atom is 0.227 e. The third-order valence-electron chi connectivity index (χ3n) is 5.01. The van der Waals surface area contributed by atoms with Crippen molar-refractivity contribution in [3.63, 3.8) is 0 Å². The van der Waals surface area contributed by atoms with E-state index in [-0.39, 0.29) is 5.54 Å². The van der Waals surface area contributed by atoms with E-state index in [0.29, 0.717) is 5.95 Å². The molecule has 1 aliphatic carbocycles. The second-order valence-electron chi connectivity index (χ2n) is 7.08. The molecule has 2 N–H and O–H groups in total. The van der Waals surface area contributed by atoms with Gasteiger partial charge in [0.25, 0.3) is 0 Å². The minimum Gasteiger partial charge on any atom is -0.370 e. The Bertz CT molecular complexity index is 773. The standard InChI is InChI=1S/C17H24N6/c1-5-18-14-13-10(2)6-11(3)19-15(13)21-16(20-14)22-17-7-12(17)8-23(4)9-17/h6,12H,5,7-9H2,1-4H3,(H2,18,19,20,21,22)/t12-,17-/m0/s1. The third-order valence-corrected chi connectivity index (χ3v) is 5.01. The van der Waals surface area contributed by atoms with Crippen molar-refractivity contribution < 1.29 is 0 Å². The van der Waals surface area contributed by atoms with Crippen LogP contribution in [0.1, 0.15) is 24.6 Å². The number of likely N-dealkylation sites (tertiary alicyclic amines) is 1. The predicted octanol–water partition coefficient (Wildman–Crippen LogP) is 2.19. The van der Waals surface area contributed by atoms with Gasteiger partial charge in [0, 0.05) is 25.3 Å². The van der Waals surface area contributed by atoms with Gasteiger partial charge in [-0.1, -0.05) is 0 Å². The number of nitrogens with zero attached hydrogens (tertiary/aromatic N) is 4. The number of nitrogens with one attached hydrogen (secondary N) is 2. The fourth-order valence-electron chi connectivity index (χ4n) is 3.98. The summed E-state index contributed by atoms with van der Waals surface area (Å²) in [5.74, 6) is 2.30. The normalized spacial score (nSPS) is 26.3. The first-order valence-electron chi connectivity index (χ1n) is 8.37. The summed E-state index contributed by atoms with van der Waals surface area (Å²) in [5.41, 5.74) is 3.10. The van der Waals surface area contributed by atoms with E-state index in [4.69, 9.17) is 9.97 Å². The van der Waals surface area contributed by atoms with E-state index in [2.05, 4.69) is 47.5 Å². The van der Waals surface area contributed by atoms with Crippen molar-refractivity contribution in [3.05, 3.63) is 17.3 Å². The molecule has 2 aromatic rings. The van der Waals surface area contributed by atoms with Crippen LogP contribution in [0.2, 0.25) is 0 Å². The zero-order chi connectivity index (χ0) is 16.2. The van der Waals surface area contributed by atoms with Gasteiger partial charge < -0.3 is 15.5 Å². The number of fused-ring (bicyclic) bond motifs is 2. The van der Waals surface area contributed by atoms with Gasteiger partial charge in [0.2, 0.25) is 5.95 Å². The first-order chi connectivity index (χ1) is 11.0. The Kier molecular flexibility index (Phi) is 3.20. The van der Waals surface area contributed by atoms with Crippen LogP contribution in [0.4, 0.5) is 11.8 Å². The molecule has 0 aromatic carbocycles. The summed E-state index contributed by atoms with van der Waals surface area (Å²) in [4.78, 5) is 16.5. The number of piperidine rings is 1. The molecule has 2 aliphatic rings. The van der Waals surface area contributed by atoms with Gasteiger partial charge in [-0.05, 0) is 51.8 Å². The number of likely N-dealkylation sites (N-methyl/N-ethyl adjacent to an activating group) is 1. The Balaban J connectivity index is 1.76. The summed E-state index contributed by atoms with van der Waals surface area (Å²) < 4.78 is 0. The summed E-state index contributed by atoms with van der Waals surface area (Å²) in [6, 6.07) is 2.08. The van der Waals surface area contributed by atoms with Crippen molar-refractivity contribution in [2.24, 2.45) is 5.92 Å². The quantitative estimate of drug-likeness (QED) is 0.902. The minimum absolute atomic E-state index is 0.171. The summed E-state index contributed by atoms with van der Waals surface area (Å²) in [7, 11) is 2.18. The molecule has 6 heteroatoms. The molecule has 6 nitrogen and oxygen atoms in total. The summed E-state index contributed by atoms with van der Waals surface area (Å²) in [6.45, 7) is 9.24. The number of aromatic nitrogens is 3. The molecule has 1 aliphatic heterocycles. The highest BCUT2D eigenvalue weighted by atomic mass is 15.3. The molecular formula is C17H24N6. The van der Waals surface area contributed by atoms with Gasteiger partial charge in [-0.3, -0.25) is 0 Å². The Labute approximate surface area is 136 Å². The number of hydrogen-bond donors (Lipinski definition) is 2. The van der Waals surface area contributed by atoms with Crippen molar-refractivity contribution in [2.75, 3.05) is 37.3 Å². The first kappa shape index (κ1) is 14.6. The zero-order valence-electron chi connectivity index (χ0n) is 14.3. The molecule has 0 amide bonds. The summed E-state index contributed by atoms with van der Waals surface area (Å²) in [6.07, 6.45) is 1.22. The van der Waals surface area contributed by atoms with Crippen LogP contribution in [-0.2, 0) is 0 Å². The van der Waals surface area contributed by atoms with E-state index in [9.17, 15) is 0 Å². The molecule has 4 rings (SSSR count). The van der Waals surface area contributed by atoms with Crippen LogP contribution in [0, 0.1) is 19.8 Å². The predicted molar refractivity (Wildman–Crippen MR) is 92.9 cm³/mol. The molecule has 0 spiro atoms. The number of hydrogen-bond acceptors (Lipinski definition) is 6. The fraction of sp³-hybridized carbons (Fsp3) is 0.588. The maximum absolute atomic E-state index is 4.75. The van der Waals surface area contributed by atoms with Crippen LogP contribution in [0.15, 0.2) is 6.07 Å². The van der Waals surface area contributed by atoms with Gasteiger partial charge in [-0.25, -0.2) is 4.98 Å². The monoisotopic (exact) mass is 312 g/mol. The van der Waals surface area contributed by atoms with Crippen LogP contribution in [-0.4, -0.2) is 52.1 Å². The van der Waals surface area contributed by atoms with E-state index < -0.39 is 0 Å². The van der Waals surface area contributed by atoms with Crippen LogP contribution >= 0.6 is 0 Å². The van der Waals surface area contributed by atoms with Gasteiger partial charge in [0.15, 0.2) is 5.65 Å². The molecule has 0 unspecified atom stereocenters. The van der Waals surface area contributed by atoms with Gasteiger partial charge in [0.1, 0.15) is 5.82 Å². The van der Waals surface area contributed by atoms with Crippen molar-refractivity contribution in [2.45, 2.75) is 32.7 Å².